The molecule has 0 aliphatic heterocycles. The number of carbonyl (C=O) groups is 1. The lowest BCUT2D eigenvalue weighted by molar-refractivity contribution is 0.0595. The Labute approximate surface area is 86.2 Å². The van der Waals surface area contributed by atoms with E-state index < -0.39 is 17.5 Å². The van der Waals surface area contributed by atoms with Crippen LogP contribution in [0.1, 0.15) is 17.3 Å². The van der Waals surface area contributed by atoms with Crippen molar-refractivity contribution < 1.29 is 23.8 Å². The highest BCUT2D eigenvalue weighted by Gasteiger charge is 2.16. The van der Waals surface area contributed by atoms with Crippen molar-refractivity contribution in [3.63, 3.8) is 0 Å². The summed E-state index contributed by atoms with van der Waals surface area (Å²) in [6, 6.07) is 1.93. The molecule has 1 aromatic carbocycles. The molecule has 0 heterocycles. The SMILES string of the molecule is CCOc1cc(O)c(F)cc1C(=O)OC. The molecule has 0 bridgehead atoms. The minimum absolute atomic E-state index is 0.0466. The van der Waals surface area contributed by atoms with Gasteiger partial charge < -0.3 is 14.6 Å². The fraction of sp³-hybridized carbons (Fsp3) is 0.300. The number of esters is 1. The van der Waals surface area contributed by atoms with Crippen molar-refractivity contribution in [2.45, 2.75) is 6.92 Å². The van der Waals surface area contributed by atoms with Gasteiger partial charge in [0.1, 0.15) is 11.3 Å². The number of halogens is 1. The lowest BCUT2D eigenvalue weighted by Gasteiger charge is -2.09. The summed E-state index contributed by atoms with van der Waals surface area (Å²) in [5.74, 6) is -2.06. The Bertz CT molecular complexity index is 376. The number of methoxy groups -OCH3 is 1. The van der Waals surface area contributed by atoms with Gasteiger partial charge >= 0.3 is 5.97 Å². The standard InChI is InChI=1S/C10H11FO4/c1-3-15-9-5-8(12)7(11)4-6(9)10(13)14-2/h4-5,12H,3H2,1-2H3. The van der Waals surface area contributed by atoms with Crippen LogP contribution in [-0.2, 0) is 4.74 Å². The smallest absolute Gasteiger partial charge is 0.341 e. The molecule has 1 aromatic rings. The van der Waals surface area contributed by atoms with Crippen LogP contribution in [0.4, 0.5) is 4.39 Å². The summed E-state index contributed by atoms with van der Waals surface area (Å²) in [5, 5.41) is 9.10. The van der Waals surface area contributed by atoms with Crippen LogP contribution in [0.5, 0.6) is 11.5 Å². The Morgan fingerprint density at radius 2 is 2.20 bits per heavy atom. The van der Waals surface area contributed by atoms with Crippen molar-refractivity contribution in [2.75, 3.05) is 13.7 Å². The van der Waals surface area contributed by atoms with Crippen molar-refractivity contribution in [1.82, 2.24) is 0 Å². The van der Waals surface area contributed by atoms with E-state index in [9.17, 15) is 9.18 Å². The number of ether oxygens (including phenoxy) is 2. The molecule has 0 aliphatic rings. The molecule has 5 heteroatoms. The number of hydrogen-bond acceptors (Lipinski definition) is 4. The number of benzene rings is 1. The van der Waals surface area contributed by atoms with Crippen molar-refractivity contribution >= 4 is 5.97 Å². The first-order valence-corrected chi connectivity index (χ1v) is 4.33. The molecular weight excluding hydrogens is 203 g/mol. The normalized spacial score (nSPS) is 9.80. The molecule has 0 saturated carbocycles. The molecule has 4 nitrogen and oxygen atoms in total. The molecule has 0 spiro atoms. The first-order chi connectivity index (χ1) is 7.10. The second-order valence-corrected chi connectivity index (χ2v) is 2.72. The van der Waals surface area contributed by atoms with Crippen molar-refractivity contribution in [1.29, 1.82) is 0 Å². The highest BCUT2D eigenvalue weighted by molar-refractivity contribution is 5.92. The maximum atomic E-state index is 13.0. The molecule has 0 saturated heterocycles. The van der Waals surface area contributed by atoms with Gasteiger partial charge in [0, 0.05) is 6.07 Å². The number of rotatable bonds is 3. The van der Waals surface area contributed by atoms with Crippen LogP contribution in [-0.4, -0.2) is 24.8 Å². The summed E-state index contributed by atoms with van der Waals surface area (Å²) < 4.78 is 22.5. The van der Waals surface area contributed by atoms with Gasteiger partial charge in [-0.05, 0) is 13.0 Å². The van der Waals surface area contributed by atoms with E-state index in [0.717, 1.165) is 12.1 Å². The topological polar surface area (TPSA) is 55.8 Å². The summed E-state index contributed by atoms with van der Waals surface area (Å²) >= 11 is 0. The van der Waals surface area contributed by atoms with Crippen LogP contribution in [0.2, 0.25) is 0 Å². The minimum Gasteiger partial charge on any atom is -0.505 e. The predicted octanol–water partition coefficient (Wildman–Crippen LogP) is 1.72. The van der Waals surface area contributed by atoms with Gasteiger partial charge in [-0.1, -0.05) is 0 Å². The Morgan fingerprint density at radius 1 is 1.53 bits per heavy atom. The van der Waals surface area contributed by atoms with Gasteiger partial charge in [0.05, 0.1) is 13.7 Å². The third-order valence-corrected chi connectivity index (χ3v) is 1.75. The zero-order valence-electron chi connectivity index (χ0n) is 8.41. The quantitative estimate of drug-likeness (QED) is 0.778. The monoisotopic (exact) mass is 214 g/mol. The van der Waals surface area contributed by atoms with E-state index in [1.807, 2.05) is 0 Å². The molecule has 0 aromatic heterocycles. The third kappa shape index (κ3) is 2.37. The maximum Gasteiger partial charge on any atom is 0.341 e. The predicted molar refractivity (Wildman–Crippen MR) is 50.6 cm³/mol. The average molecular weight is 214 g/mol. The van der Waals surface area contributed by atoms with Crippen molar-refractivity contribution in [2.24, 2.45) is 0 Å². The number of hydrogen-bond donors (Lipinski definition) is 1. The summed E-state index contributed by atoms with van der Waals surface area (Å²) in [6.07, 6.45) is 0. The first kappa shape index (κ1) is 11.3. The molecule has 1 N–H and O–H groups in total. The molecule has 0 fully saturated rings. The highest BCUT2D eigenvalue weighted by Crippen LogP contribution is 2.27. The summed E-state index contributed by atoms with van der Waals surface area (Å²) in [5.41, 5.74) is -0.0466. The fourth-order valence-corrected chi connectivity index (χ4v) is 1.09. The van der Waals surface area contributed by atoms with Crippen LogP contribution in [0, 0.1) is 5.82 Å². The van der Waals surface area contributed by atoms with Crippen molar-refractivity contribution in [3.05, 3.63) is 23.5 Å². The number of phenols is 1. The second kappa shape index (κ2) is 4.63. The Kier molecular flexibility index (Phi) is 3.49. The Morgan fingerprint density at radius 3 is 2.73 bits per heavy atom. The fourth-order valence-electron chi connectivity index (χ4n) is 1.09. The lowest BCUT2D eigenvalue weighted by Crippen LogP contribution is -2.06. The molecule has 0 aliphatic carbocycles. The zero-order chi connectivity index (χ0) is 11.4. The van der Waals surface area contributed by atoms with E-state index in [1.54, 1.807) is 6.92 Å². The molecule has 1 rings (SSSR count). The summed E-state index contributed by atoms with van der Waals surface area (Å²) in [7, 11) is 1.18. The number of aromatic hydroxyl groups is 1. The molecule has 0 atom stereocenters. The van der Waals surface area contributed by atoms with Gasteiger partial charge in [-0.2, -0.15) is 0 Å². The summed E-state index contributed by atoms with van der Waals surface area (Å²) in [6.45, 7) is 2.01. The van der Waals surface area contributed by atoms with E-state index >= 15 is 0 Å². The number of carbonyl (C=O) groups excluding carboxylic acids is 1. The lowest BCUT2D eigenvalue weighted by atomic mass is 10.2. The van der Waals surface area contributed by atoms with E-state index in [-0.39, 0.29) is 11.3 Å². The zero-order valence-corrected chi connectivity index (χ0v) is 8.41. The van der Waals surface area contributed by atoms with Gasteiger partial charge in [-0.15, -0.1) is 0 Å². The highest BCUT2D eigenvalue weighted by atomic mass is 19.1. The average Bonchev–Trinajstić information content (AvgIpc) is 2.22. The van der Waals surface area contributed by atoms with Gasteiger partial charge in [-0.25, -0.2) is 9.18 Å². The largest absolute Gasteiger partial charge is 0.505 e. The molecule has 15 heavy (non-hydrogen) atoms. The molecule has 0 radical (unpaired) electrons. The minimum atomic E-state index is -0.890. The Balaban J connectivity index is 3.21. The number of phenolic OH excluding ortho intramolecular Hbond substituents is 1. The molecule has 82 valence electrons. The molecule has 0 amide bonds. The first-order valence-electron chi connectivity index (χ1n) is 4.33. The van der Waals surface area contributed by atoms with Crippen LogP contribution < -0.4 is 4.74 Å². The van der Waals surface area contributed by atoms with E-state index in [0.29, 0.717) is 6.61 Å². The summed E-state index contributed by atoms with van der Waals surface area (Å²) in [4.78, 5) is 11.2. The van der Waals surface area contributed by atoms with Crippen LogP contribution in [0.3, 0.4) is 0 Å². The van der Waals surface area contributed by atoms with E-state index in [2.05, 4.69) is 4.74 Å². The van der Waals surface area contributed by atoms with Crippen LogP contribution in [0.15, 0.2) is 12.1 Å². The van der Waals surface area contributed by atoms with Gasteiger partial charge in [0.2, 0.25) is 0 Å². The maximum absolute atomic E-state index is 13.0. The van der Waals surface area contributed by atoms with Gasteiger partial charge in [-0.3, -0.25) is 0 Å². The van der Waals surface area contributed by atoms with E-state index in [1.165, 1.54) is 7.11 Å². The van der Waals surface area contributed by atoms with Crippen LogP contribution in [0.25, 0.3) is 0 Å². The van der Waals surface area contributed by atoms with Crippen molar-refractivity contribution in [3.8, 4) is 11.5 Å². The van der Waals surface area contributed by atoms with E-state index in [4.69, 9.17) is 9.84 Å². The Hall–Kier alpha value is -1.78. The van der Waals surface area contributed by atoms with Gasteiger partial charge in [0.15, 0.2) is 11.6 Å². The third-order valence-electron chi connectivity index (χ3n) is 1.75. The van der Waals surface area contributed by atoms with Crippen LogP contribution >= 0.6 is 0 Å². The second-order valence-electron chi connectivity index (χ2n) is 2.72. The van der Waals surface area contributed by atoms with Gasteiger partial charge in [0.25, 0.3) is 0 Å². The molecule has 0 unspecified atom stereocenters. The molecular formula is C10H11FO4.